The maximum Gasteiger partial charge on any atom is 0.0280 e. The highest BCUT2D eigenvalue weighted by Crippen LogP contribution is 2.09. The van der Waals surface area contributed by atoms with E-state index in [9.17, 15) is 0 Å². The summed E-state index contributed by atoms with van der Waals surface area (Å²) in [6, 6.07) is 10.6. The highest BCUT2D eigenvalue weighted by molar-refractivity contribution is 5.54. The van der Waals surface area contributed by atoms with Crippen molar-refractivity contribution >= 4 is 0 Å². The van der Waals surface area contributed by atoms with Gasteiger partial charge in [-0.1, -0.05) is 35.5 Å². The topological polar surface area (TPSA) is 0 Å². The minimum atomic E-state index is 0.683. The van der Waals surface area contributed by atoms with Gasteiger partial charge in [-0.3, -0.25) is 0 Å². The molecule has 0 spiro atoms. The molecule has 2 aromatic carbocycles. The average Bonchev–Trinajstić information content (AvgIpc) is 2.64. The third-order valence-corrected chi connectivity index (χ3v) is 3.01. The summed E-state index contributed by atoms with van der Waals surface area (Å²) in [4.78, 5) is 0. The highest BCUT2D eigenvalue weighted by atomic mass is 14.0. The van der Waals surface area contributed by atoms with Crippen LogP contribution in [0.4, 0.5) is 0 Å². The van der Waals surface area contributed by atoms with Crippen LogP contribution in [0.5, 0.6) is 0 Å². The standard InChI is InChI=1S/C24H10/c1-5-19-13-20(6-2)16-23(15-19)11-9-10-12-24-17-21(7-3)14-22(8-4)18-24/h1-4,13-18H. The zero-order valence-corrected chi connectivity index (χ0v) is 12.8. The Morgan fingerprint density at radius 1 is 0.417 bits per heavy atom. The molecule has 0 amide bonds. The monoisotopic (exact) mass is 298 g/mol. The molecule has 0 heteroatoms. The molecule has 0 unspecified atom stereocenters. The Morgan fingerprint density at radius 3 is 0.917 bits per heavy atom. The van der Waals surface area contributed by atoms with Crippen molar-refractivity contribution in [3.63, 3.8) is 0 Å². The first-order valence-electron chi connectivity index (χ1n) is 6.87. The minimum absolute atomic E-state index is 0.683. The van der Waals surface area contributed by atoms with Crippen molar-refractivity contribution in [3.05, 3.63) is 69.8 Å². The Hall–Kier alpha value is -4.20. The first-order chi connectivity index (χ1) is 11.7. The quantitative estimate of drug-likeness (QED) is 0.656. The SMILES string of the molecule is C#Cc1cc(C#C)cc(C#CC#Cc2cc(C#C)cc(C#C)c2)c1. The van der Waals surface area contributed by atoms with E-state index in [1.165, 1.54) is 0 Å². The van der Waals surface area contributed by atoms with Crippen molar-refractivity contribution in [2.45, 2.75) is 0 Å². The zero-order valence-electron chi connectivity index (χ0n) is 12.8. The lowest BCUT2D eigenvalue weighted by Gasteiger charge is -1.96. The van der Waals surface area contributed by atoms with E-state index in [-0.39, 0.29) is 0 Å². The second-order valence-corrected chi connectivity index (χ2v) is 4.68. The van der Waals surface area contributed by atoms with Crippen LogP contribution < -0.4 is 0 Å². The van der Waals surface area contributed by atoms with Gasteiger partial charge in [0.05, 0.1) is 0 Å². The van der Waals surface area contributed by atoms with Gasteiger partial charge in [0, 0.05) is 33.4 Å². The minimum Gasteiger partial charge on any atom is -0.115 e. The summed E-state index contributed by atoms with van der Waals surface area (Å²) < 4.78 is 0. The van der Waals surface area contributed by atoms with Crippen molar-refractivity contribution in [2.24, 2.45) is 0 Å². The molecule has 0 aliphatic carbocycles. The van der Waals surface area contributed by atoms with Gasteiger partial charge in [-0.15, -0.1) is 25.7 Å². The molecule has 24 heavy (non-hydrogen) atoms. The lowest BCUT2D eigenvalue weighted by molar-refractivity contribution is 1.56. The molecule has 0 aromatic heterocycles. The first-order valence-corrected chi connectivity index (χ1v) is 6.87. The van der Waals surface area contributed by atoms with Gasteiger partial charge in [-0.05, 0) is 48.2 Å². The number of hydrogen-bond acceptors (Lipinski definition) is 0. The number of terminal acetylenes is 4. The van der Waals surface area contributed by atoms with Crippen LogP contribution in [0, 0.1) is 73.1 Å². The summed E-state index contributed by atoms with van der Waals surface area (Å²) >= 11 is 0. The van der Waals surface area contributed by atoms with Crippen LogP contribution in [0.2, 0.25) is 0 Å². The normalized spacial score (nSPS) is 8.00. The molecule has 0 bridgehead atoms. The van der Waals surface area contributed by atoms with E-state index < -0.39 is 0 Å². The fraction of sp³-hybridized carbons (Fsp3) is 0. The van der Waals surface area contributed by atoms with Crippen LogP contribution >= 0.6 is 0 Å². The van der Waals surface area contributed by atoms with E-state index in [0.29, 0.717) is 22.3 Å². The summed E-state index contributed by atoms with van der Waals surface area (Å²) in [5, 5.41) is 0. The Labute approximate surface area is 143 Å². The van der Waals surface area contributed by atoms with Crippen LogP contribution in [0.25, 0.3) is 0 Å². The van der Waals surface area contributed by atoms with Crippen molar-refractivity contribution < 1.29 is 0 Å². The molecule has 2 rings (SSSR count). The molecular formula is C24H10. The van der Waals surface area contributed by atoms with Crippen LogP contribution in [0.1, 0.15) is 33.4 Å². The van der Waals surface area contributed by atoms with Gasteiger partial charge >= 0.3 is 0 Å². The fourth-order valence-electron chi connectivity index (χ4n) is 1.94. The molecule has 0 heterocycles. The molecule has 0 saturated carbocycles. The number of benzene rings is 2. The maximum absolute atomic E-state index is 5.40. The molecule has 0 nitrogen and oxygen atoms in total. The largest absolute Gasteiger partial charge is 0.115 e. The molecule has 0 aliphatic heterocycles. The number of rotatable bonds is 0. The van der Waals surface area contributed by atoms with Gasteiger partial charge in [0.15, 0.2) is 0 Å². The molecule has 0 N–H and O–H groups in total. The Balaban J connectivity index is 2.33. The van der Waals surface area contributed by atoms with Crippen molar-refractivity contribution in [2.75, 3.05) is 0 Å². The molecule has 0 saturated heterocycles. The molecule has 106 valence electrons. The summed E-state index contributed by atoms with van der Waals surface area (Å²) in [7, 11) is 0. The predicted octanol–water partition coefficient (Wildman–Crippen LogP) is 3.02. The maximum atomic E-state index is 5.40. The Morgan fingerprint density at radius 2 is 0.667 bits per heavy atom. The van der Waals surface area contributed by atoms with Crippen LogP contribution in [-0.2, 0) is 0 Å². The first kappa shape index (κ1) is 16.2. The number of hydrogen-bond donors (Lipinski definition) is 0. The molecule has 0 atom stereocenters. The third kappa shape index (κ3) is 4.15. The van der Waals surface area contributed by atoms with Gasteiger partial charge in [0.2, 0.25) is 0 Å². The van der Waals surface area contributed by atoms with E-state index in [4.69, 9.17) is 25.7 Å². The summed E-state index contributed by atoms with van der Waals surface area (Å²) in [5.74, 6) is 21.6. The highest BCUT2D eigenvalue weighted by Gasteiger charge is 1.96. The van der Waals surface area contributed by atoms with Crippen molar-refractivity contribution in [1.82, 2.24) is 0 Å². The van der Waals surface area contributed by atoms with Crippen LogP contribution in [-0.4, -0.2) is 0 Å². The van der Waals surface area contributed by atoms with Crippen molar-refractivity contribution in [1.29, 1.82) is 0 Å². The van der Waals surface area contributed by atoms with Crippen LogP contribution in [0.3, 0.4) is 0 Å². The lowest BCUT2D eigenvalue weighted by atomic mass is 10.1. The van der Waals surface area contributed by atoms with E-state index in [1.807, 2.05) is 0 Å². The second-order valence-electron chi connectivity index (χ2n) is 4.68. The van der Waals surface area contributed by atoms with Gasteiger partial charge in [-0.25, -0.2) is 0 Å². The van der Waals surface area contributed by atoms with E-state index >= 15 is 0 Å². The Bertz CT molecular complexity index is 934. The van der Waals surface area contributed by atoms with Gasteiger partial charge < -0.3 is 0 Å². The second kappa shape index (κ2) is 7.71. The van der Waals surface area contributed by atoms with Crippen molar-refractivity contribution in [3.8, 4) is 73.1 Å². The third-order valence-electron chi connectivity index (χ3n) is 3.01. The predicted molar refractivity (Wildman–Crippen MR) is 98.4 cm³/mol. The molecule has 0 fully saturated rings. The smallest absolute Gasteiger partial charge is 0.0280 e. The van der Waals surface area contributed by atoms with E-state index in [1.54, 1.807) is 36.4 Å². The Kier molecular flexibility index (Phi) is 5.19. The zero-order chi connectivity index (χ0) is 17.4. The molecule has 2 aromatic rings. The summed E-state index contributed by atoms with van der Waals surface area (Å²) in [6.45, 7) is 0. The fourth-order valence-corrected chi connectivity index (χ4v) is 1.94. The van der Waals surface area contributed by atoms with Crippen LogP contribution in [0.15, 0.2) is 36.4 Å². The molecule has 0 aliphatic rings. The molecular weight excluding hydrogens is 288 g/mol. The average molecular weight is 298 g/mol. The van der Waals surface area contributed by atoms with Gasteiger partial charge in [0.25, 0.3) is 0 Å². The van der Waals surface area contributed by atoms with Gasteiger partial charge in [0.1, 0.15) is 0 Å². The summed E-state index contributed by atoms with van der Waals surface area (Å²) in [5.41, 5.74) is 4.17. The van der Waals surface area contributed by atoms with E-state index in [0.717, 1.165) is 11.1 Å². The molecule has 0 radical (unpaired) electrons. The van der Waals surface area contributed by atoms with E-state index in [2.05, 4.69) is 47.4 Å². The lowest BCUT2D eigenvalue weighted by Crippen LogP contribution is -1.84. The summed E-state index contributed by atoms with van der Waals surface area (Å²) in [6.07, 6.45) is 21.6. The van der Waals surface area contributed by atoms with Gasteiger partial charge in [-0.2, -0.15) is 0 Å².